The third-order valence-corrected chi connectivity index (χ3v) is 5.79. The highest BCUT2D eigenvalue weighted by molar-refractivity contribution is 6.09. The summed E-state index contributed by atoms with van der Waals surface area (Å²) in [5.41, 5.74) is 5.01. The summed E-state index contributed by atoms with van der Waals surface area (Å²) in [7, 11) is 0. The maximum absolute atomic E-state index is 12.9. The Labute approximate surface area is 169 Å². The number of benzene rings is 2. The highest BCUT2D eigenvalue weighted by atomic mass is 16.5. The number of ketones is 2. The summed E-state index contributed by atoms with van der Waals surface area (Å²) in [5, 5.41) is 2.00. The summed E-state index contributed by atoms with van der Waals surface area (Å²) in [6, 6.07) is 9.72. The number of carbonyl (C=O) groups excluding carboxylic acids is 3. The van der Waals surface area contributed by atoms with Gasteiger partial charge in [0.05, 0.1) is 11.3 Å². The van der Waals surface area contributed by atoms with Gasteiger partial charge < -0.3 is 9.72 Å². The molecular formula is C24H23NO4. The molecule has 1 heterocycles. The molecule has 2 aromatic carbocycles. The van der Waals surface area contributed by atoms with Gasteiger partial charge in [-0.25, -0.2) is 4.79 Å². The lowest BCUT2D eigenvalue weighted by Crippen LogP contribution is -2.25. The van der Waals surface area contributed by atoms with E-state index in [0.717, 1.165) is 23.6 Å². The summed E-state index contributed by atoms with van der Waals surface area (Å²) < 4.78 is 5.53. The Morgan fingerprint density at radius 3 is 2.38 bits per heavy atom. The van der Waals surface area contributed by atoms with E-state index in [1.165, 1.54) is 18.1 Å². The van der Waals surface area contributed by atoms with E-state index in [0.29, 0.717) is 28.1 Å². The Hall–Kier alpha value is -3.21. The van der Waals surface area contributed by atoms with Gasteiger partial charge in [0.25, 0.3) is 0 Å². The van der Waals surface area contributed by atoms with Gasteiger partial charge in [0.1, 0.15) is 0 Å². The van der Waals surface area contributed by atoms with Gasteiger partial charge in [0, 0.05) is 11.3 Å². The van der Waals surface area contributed by atoms with E-state index in [2.05, 4.69) is 11.1 Å². The molecule has 1 atom stereocenters. The molecule has 1 aromatic heterocycles. The molecule has 1 N–H and O–H groups in total. The minimum absolute atomic E-state index is 0.104. The number of hydrogen-bond donors (Lipinski definition) is 1. The Kier molecular flexibility index (Phi) is 4.61. The molecule has 0 amide bonds. The van der Waals surface area contributed by atoms with Crippen molar-refractivity contribution >= 4 is 28.3 Å². The van der Waals surface area contributed by atoms with Crippen LogP contribution in [-0.4, -0.2) is 28.6 Å². The zero-order chi connectivity index (χ0) is 20.9. The molecule has 0 saturated heterocycles. The summed E-state index contributed by atoms with van der Waals surface area (Å²) >= 11 is 0. The number of aromatic nitrogens is 1. The third kappa shape index (κ3) is 3.07. The van der Waals surface area contributed by atoms with Crippen LogP contribution in [0.3, 0.4) is 0 Å². The Morgan fingerprint density at radius 1 is 1.03 bits per heavy atom. The first-order valence-corrected chi connectivity index (χ1v) is 9.78. The van der Waals surface area contributed by atoms with E-state index >= 15 is 0 Å². The number of ether oxygens (including phenoxy) is 1. The van der Waals surface area contributed by atoms with E-state index in [1.807, 2.05) is 18.2 Å². The minimum atomic E-state index is -0.970. The van der Waals surface area contributed by atoms with Gasteiger partial charge in [0.15, 0.2) is 11.9 Å². The molecule has 148 valence electrons. The van der Waals surface area contributed by atoms with E-state index in [9.17, 15) is 14.4 Å². The fourth-order valence-electron chi connectivity index (χ4n) is 4.43. The van der Waals surface area contributed by atoms with Crippen LogP contribution in [0.1, 0.15) is 67.4 Å². The van der Waals surface area contributed by atoms with Gasteiger partial charge in [-0.1, -0.05) is 24.3 Å². The van der Waals surface area contributed by atoms with E-state index in [-0.39, 0.29) is 11.6 Å². The molecule has 1 aliphatic carbocycles. The number of rotatable bonds is 5. The maximum atomic E-state index is 12.9. The maximum Gasteiger partial charge on any atom is 0.339 e. The standard InChI is InChI=1S/C24H23NO4/c1-12-20(14(3)26)13(2)25-22(12)23(27)15(4)29-24(28)19-11-10-17-9-8-16-6-5-7-18(19)21(16)17/h5-7,10-11,15,25H,8-9H2,1-4H3/t15-/m1/s1. The zero-order valence-electron chi connectivity index (χ0n) is 17.0. The first-order valence-electron chi connectivity index (χ1n) is 9.78. The molecule has 0 saturated carbocycles. The highest BCUT2D eigenvalue weighted by Gasteiger charge is 2.27. The normalized spacial score (nSPS) is 13.5. The van der Waals surface area contributed by atoms with Crippen molar-refractivity contribution in [2.75, 3.05) is 0 Å². The number of aromatic amines is 1. The van der Waals surface area contributed by atoms with Crippen LogP contribution in [0, 0.1) is 13.8 Å². The first-order chi connectivity index (χ1) is 13.8. The number of nitrogens with one attached hydrogen (secondary N) is 1. The van der Waals surface area contributed by atoms with Crippen molar-refractivity contribution in [1.29, 1.82) is 0 Å². The number of esters is 1. The second-order valence-electron chi connectivity index (χ2n) is 7.70. The number of Topliss-reactive ketones (excluding diaryl/α,β-unsaturated/α-hetero) is 2. The van der Waals surface area contributed by atoms with Crippen molar-refractivity contribution in [2.45, 2.75) is 46.6 Å². The van der Waals surface area contributed by atoms with Crippen LogP contribution in [0.2, 0.25) is 0 Å². The molecule has 0 unspecified atom stereocenters. The Bertz CT molecular complexity index is 1180. The highest BCUT2D eigenvalue weighted by Crippen LogP contribution is 2.33. The number of aryl methyl sites for hydroxylation is 3. The fraction of sp³-hybridized carbons (Fsp3) is 0.292. The Morgan fingerprint density at radius 2 is 1.72 bits per heavy atom. The molecule has 0 radical (unpaired) electrons. The molecule has 1 aliphatic rings. The van der Waals surface area contributed by atoms with E-state index in [4.69, 9.17) is 4.74 Å². The number of H-pyrrole nitrogens is 1. The molecule has 0 fully saturated rings. The van der Waals surface area contributed by atoms with Crippen molar-refractivity contribution in [1.82, 2.24) is 4.98 Å². The quantitative estimate of drug-likeness (QED) is 0.514. The van der Waals surface area contributed by atoms with Gasteiger partial charge in [0.2, 0.25) is 5.78 Å². The van der Waals surface area contributed by atoms with Crippen molar-refractivity contribution in [3.8, 4) is 0 Å². The van der Waals surface area contributed by atoms with Crippen molar-refractivity contribution in [2.24, 2.45) is 0 Å². The number of carbonyl (C=O) groups is 3. The SMILES string of the molecule is CC(=O)c1c(C)[nH]c(C(=O)[C@@H](C)OC(=O)c2ccc3c4c(cccc24)CC3)c1C. The summed E-state index contributed by atoms with van der Waals surface area (Å²) in [4.78, 5) is 40.6. The molecule has 0 bridgehead atoms. The van der Waals surface area contributed by atoms with Gasteiger partial charge in [-0.15, -0.1) is 0 Å². The molecular weight excluding hydrogens is 366 g/mol. The van der Waals surface area contributed by atoms with Crippen LogP contribution in [0.25, 0.3) is 10.8 Å². The van der Waals surface area contributed by atoms with Crippen molar-refractivity contribution < 1.29 is 19.1 Å². The minimum Gasteiger partial charge on any atom is -0.451 e. The zero-order valence-corrected chi connectivity index (χ0v) is 17.0. The van der Waals surface area contributed by atoms with Gasteiger partial charge >= 0.3 is 5.97 Å². The average molecular weight is 389 g/mol. The van der Waals surface area contributed by atoms with Gasteiger partial charge in [-0.05, 0) is 74.1 Å². The predicted molar refractivity (Wildman–Crippen MR) is 111 cm³/mol. The molecule has 5 nitrogen and oxygen atoms in total. The lowest BCUT2D eigenvalue weighted by molar-refractivity contribution is 0.0319. The van der Waals surface area contributed by atoms with E-state index < -0.39 is 12.1 Å². The smallest absolute Gasteiger partial charge is 0.339 e. The van der Waals surface area contributed by atoms with Crippen molar-refractivity contribution in [3.05, 3.63) is 69.5 Å². The summed E-state index contributed by atoms with van der Waals surface area (Å²) in [6.45, 7) is 6.51. The monoisotopic (exact) mass is 389 g/mol. The summed E-state index contributed by atoms with van der Waals surface area (Å²) in [6.07, 6.45) is 0.982. The molecule has 5 heteroatoms. The lowest BCUT2D eigenvalue weighted by Gasteiger charge is -2.14. The van der Waals surface area contributed by atoms with Crippen LogP contribution in [0.15, 0.2) is 30.3 Å². The van der Waals surface area contributed by atoms with Crippen molar-refractivity contribution in [3.63, 3.8) is 0 Å². The van der Waals surface area contributed by atoms with Crippen LogP contribution >= 0.6 is 0 Å². The van der Waals surface area contributed by atoms with Crippen LogP contribution < -0.4 is 0 Å². The topological polar surface area (TPSA) is 76.2 Å². The second kappa shape index (κ2) is 6.99. The lowest BCUT2D eigenvalue weighted by atomic mass is 10.00. The summed E-state index contributed by atoms with van der Waals surface area (Å²) in [5.74, 6) is -0.973. The molecule has 4 rings (SSSR count). The van der Waals surface area contributed by atoms with Gasteiger partial charge in [-0.3, -0.25) is 9.59 Å². The first kappa shape index (κ1) is 19.1. The second-order valence-corrected chi connectivity index (χ2v) is 7.70. The average Bonchev–Trinajstić information content (AvgIpc) is 3.23. The van der Waals surface area contributed by atoms with Crippen LogP contribution in [0.4, 0.5) is 0 Å². The Balaban J connectivity index is 1.62. The van der Waals surface area contributed by atoms with Crippen LogP contribution in [-0.2, 0) is 17.6 Å². The number of hydrogen-bond acceptors (Lipinski definition) is 4. The van der Waals surface area contributed by atoms with Crippen LogP contribution in [0.5, 0.6) is 0 Å². The van der Waals surface area contributed by atoms with E-state index in [1.54, 1.807) is 26.8 Å². The molecule has 0 spiro atoms. The predicted octanol–water partition coefficient (Wildman–Crippen LogP) is 4.51. The fourth-order valence-corrected chi connectivity index (χ4v) is 4.43. The molecule has 29 heavy (non-hydrogen) atoms. The molecule has 3 aromatic rings. The van der Waals surface area contributed by atoms with Gasteiger partial charge in [-0.2, -0.15) is 0 Å². The third-order valence-electron chi connectivity index (χ3n) is 5.79. The largest absolute Gasteiger partial charge is 0.451 e. The molecule has 0 aliphatic heterocycles.